The minimum atomic E-state index is -4.35. The molecule has 1 aromatic rings. The summed E-state index contributed by atoms with van der Waals surface area (Å²) in [5.41, 5.74) is 0.0239. The molecule has 2 atom stereocenters. The Morgan fingerprint density at radius 2 is 1.95 bits per heavy atom. The maximum atomic E-state index is 12.5. The smallest absolute Gasteiger partial charge is 0.416 e. The second-order valence-electron chi connectivity index (χ2n) is 5.05. The average molecular weight is 287 g/mol. The molecule has 0 bridgehead atoms. The Morgan fingerprint density at radius 1 is 1.30 bits per heavy atom. The Labute approximate surface area is 114 Å². The van der Waals surface area contributed by atoms with E-state index in [0.717, 1.165) is 31.5 Å². The summed E-state index contributed by atoms with van der Waals surface area (Å²) in [7, 11) is 0. The fourth-order valence-corrected chi connectivity index (χ4v) is 2.67. The van der Waals surface area contributed by atoms with Crippen molar-refractivity contribution in [2.45, 2.75) is 31.5 Å². The van der Waals surface area contributed by atoms with E-state index in [1.165, 1.54) is 12.1 Å². The lowest BCUT2D eigenvalue weighted by atomic mass is 9.84. The van der Waals surface area contributed by atoms with E-state index >= 15 is 0 Å². The van der Waals surface area contributed by atoms with Crippen molar-refractivity contribution < 1.29 is 23.1 Å². The molecular formula is C14H16F3NO2. The number of aliphatic carboxylic acids is 1. The maximum Gasteiger partial charge on any atom is 0.416 e. The molecule has 20 heavy (non-hydrogen) atoms. The zero-order valence-corrected chi connectivity index (χ0v) is 10.8. The first-order chi connectivity index (χ1) is 9.38. The largest absolute Gasteiger partial charge is 0.481 e. The minimum Gasteiger partial charge on any atom is -0.481 e. The van der Waals surface area contributed by atoms with Gasteiger partial charge in [-0.25, -0.2) is 0 Å². The quantitative estimate of drug-likeness (QED) is 0.897. The number of benzene rings is 1. The van der Waals surface area contributed by atoms with Crippen molar-refractivity contribution in [2.75, 3.05) is 6.54 Å². The molecule has 1 saturated heterocycles. The van der Waals surface area contributed by atoms with Gasteiger partial charge in [0.05, 0.1) is 5.56 Å². The fraction of sp³-hybridized carbons (Fsp3) is 0.500. The number of rotatable bonds is 3. The molecule has 1 aromatic carbocycles. The van der Waals surface area contributed by atoms with Crippen LogP contribution in [-0.2, 0) is 11.0 Å². The zero-order chi connectivity index (χ0) is 14.8. The third-order valence-corrected chi connectivity index (χ3v) is 3.62. The van der Waals surface area contributed by atoms with Crippen LogP contribution in [0, 0.1) is 5.92 Å². The Balaban J connectivity index is 2.17. The number of alkyl halides is 3. The molecule has 1 heterocycles. The Morgan fingerprint density at radius 3 is 2.50 bits per heavy atom. The maximum absolute atomic E-state index is 12.5. The highest BCUT2D eigenvalue weighted by Crippen LogP contribution is 2.34. The molecule has 3 nitrogen and oxygen atoms in total. The van der Waals surface area contributed by atoms with Crippen molar-refractivity contribution in [3.05, 3.63) is 35.4 Å². The van der Waals surface area contributed by atoms with Gasteiger partial charge in [0.2, 0.25) is 0 Å². The SMILES string of the molecule is O=C(O)C[C@H]1CCCN[C@@H]1c1ccc(C(F)(F)F)cc1. The van der Waals surface area contributed by atoms with Crippen LogP contribution < -0.4 is 5.32 Å². The molecule has 0 radical (unpaired) electrons. The van der Waals surface area contributed by atoms with E-state index in [4.69, 9.17) is 5.11 Å². The van der Waals surface area contributed by atoms with Gasteiger partial charge in [0, 0.05) is 12.5 Å². The standard InChI is InChI=1S/C14H16F3NO2/c15-14(16,17)11-5-3-9(4-6-11)13-10(8-12(19)20)2-1-7-18-13/h3-6,10,13,18H,1-2,7-8H2,(H,19,20)/t10-,13-/m1/s1. The molecule has 0 amide bonds. The van der Waals surface area contributed by atoms with Crippen molar-refractivity contribution >= 4 is 5.97 Å². The van der Waals surface area contributed by atoms with Crippen molar-refractivity contribution in [1.29, 1.82) is 0 Å². The van der Waals surface area contributed by atoms with Crippen molar-refractivity contribution in [2.24, 2.45) is 5.92 Å². The van der Waals surface area contributed by atoms with E-state index in [-0.39, 0.29) is 18.4 Å². The molecule has 0 unspecified atom stereocenters. The minimum absolute atomic E-state index is 0.0265. The predicted molar refractivity (Wildman–Crippen MR) is 67.2 cm³/mol. The van der Waals surface area contributed by atoms with Crippen LogP contribution in [0.15, 0.2) is 24.3 Å². The number of halogens is 3. The lowest BCUT2D eigenvalue weighted by molar-refractivity contribution is -0.139. The van der Waals surface area contributed by atoms with E-state index in [1.54, 1.807) is 0 Å². The summed E-state index contributed by atoms with van der Waals surface area (Å²) in [6.45, 7) is 0.752. The molecule has 0 saturated carbocycles. The lowest BCUT2D eigenvalue weighted by Crippen LogP contribution is -2.35. The summed E-state index contributed by atoms with van der Waals surface area (Å²) in [4.78, 5) is 10.9. The molecule has 0 spiro atoms. The zero-order valence-electron chi connectivity index (χ0n) is 10.8. The van der Waals surface area contributed by atoms with Crippen molar-refractivity contribution in [1.82, 2.24) is 5.32 Å². The third kappa shape index (κ3) is 3.50. The first kappa shape index (κ1) is 14.8. The summed E-state index contributed by atoms with van der Waals surface area (Å²) in [5, 5.41) is 12.1. The molecule has 0 aliphatic carbocycles. The van der Waals surface area contributed by atoms with E-state index < -0.39 is 17.7 Å². The molecule has 2 rings (SSSR count). The van der Waals surface area contributed by atoms with Crippen LogP contribution in [0.1, 0.15) is 36.4 Å². The van der Waals surface area contributed by atoms with Gasteiger partial charge in [-0.1, -0.05) is 12.1 Å². The van der Waals surface area contributed by atoms with Gasteiger partial charge in [0.25, 0.3) is 0 Å². The molecule has 1 aliphatic rings. The second kappa shape index (κ2) is 5.83. The lowest BCUT2D eigenvalue weighted by Gasteiger charge is -2.32. The molecule has 0 aromatic heterocycles. The van der Waals surface area contributed by atoms with Crippen LogP contribution in [0.2, 0.25) is 0 Å². The van der Waals surface area contributed by atoms with Gasteiger partial charge in [0.1, 0.15) is 0 Å². The van der Waals surface area contributed by atoms with E-state index in [9.17, 15) is 18.0 Å². The highest BCUT2D eigenvalue weighted by Gasteiger charge is 2.32. The van der Waals surface area contributed by atoms with E-state index in [2.05, 4.69) is 5.32 Å². The van der Waals surface area contributed by atoms with Gasteiger partial charge in [0.15, 0.2) is 0 Å². The Hall–Kier alpha value is -1.56. The summed E-state index contributed by atoms with van der Waals surface area (Å²) >= 11 is 0. The summed E-state index contributed by atoms with van der Waals surface area (Å²) in [5.74, 6) is -0.964. The van der Waals surface area contributed by atoms with Crippen LogP contribution in [0.5, 0.6) is 0 Å². The molecule has 6 heteroatoms. The van der Waals surface area contributed by atoms with Crippen LogP contribution in [-0.4, -0.2) is 17.6 Å². The molecule has 110 valence electrons. The van der Waals surface area contributed by atoms with E-state index in [1.807, 2.05) is 0 Å². The van der Waals surface area contributed by atoms with Gasteiger partial charge < -0.3 is 10.4 Å². The Bertz CT molecular complexity index is 470. The number of carbonyl (C=O) groups is 1. The summed E-state index contributed by atoms with van der Waals surface area (Å²) in [6.07, 6.45) is -2.67. The summed E-state index contributed by atoms with van der Waals surface area (Å²) in [6, 6.07) is 4.76. The second-order valence-corrected chi connectivity index (χ2v) is 5.05. The monoisotopic (exact) mass is 287 g/mol. The van der Waals surface area contributed by atoms with Crippen molar-refractivity contribution in [3.8, 4) is 0 Å². The number of hydrogen-bond acceptors (Lipinski definition) is 2. The van der Waals surface area contributed by atoms with Gasteiger partial charge in [-0.15, -0.1) is 0 Å². The van der Waals surface area contributed by atoms with Crippen LogP contribution in [0.25, 0.3) is 0 Å². The molecule has 1 aliphatic heterocycles. The third-order valence-electron chi connectivity index (χ3n) is 3.62. The highest BCUT2D eigenvalue weighted by atomic mass is 19.4. The topological polar surface area (TPSA) is 49.3 Å². The van der Waals surface area contributed by atoms with Gasteiger partial charge in [-0.3, -0.25) is 4.79 Å². The van der Waals surface area contributed by atoms with Crippen LogP contribution >= 0.6 is 0 Å². The van der Waals surface area contributed by atoms with Gasteiger partial charge in [-0.2, -0.15) is 13.2 Å². The van der Waals surface area contributed by atoms with Crippen molar-refractivity contribution in [3.63, 3.8) is 0 Å². The van der Waals surface area contributed by atoms with E-state index in [0.29, 0.717) is 5.56 Å². The Kier molecular flexibility index (Phi) is 4.32. The first-order valence-electron chi connectivity index (χ1n) is 6.50. The van der Waals surface area contributed by atoms with Crippen LogP contribution in [0.4, 0.5) is 13.2 Å². The van der Waals surface area contributed by atoms with Gasteiger partial charge >= 0.3 is 12.1 Å². The summed E-state index contributed by atoms with van der Waals surface area (Å²) < 4.78 is 37.6. The molecular weight excluding hydrogens is 271 g/mol. The predicted octanol–water partition coefficient (Wildman–Crippen LogP) is 3.22. The number of carboxylic acid groups (broad SMARTS) is 1. The van der Waals surface area contributed by atoms with Crippen LogP contribution in [0.3, 0.4) is 0 Å². The number of carboxylic acids is 1. The highest BCUT2D eigenvalue weighted by molar-refractivity contribution is 5.67. The average Bonchev–Trinajstić information content (AvgIpc) is 2.38. The fourth-order valence-electron chi connectivity index (χ4n) is 2.67. The number of piperidine rings is 1. The number of hydrogen-bond donors (Lipinski definition) is 2. The van der Waals surface area contributed by atoms with Gasteiger partial charge in [-0.05, 0) is 43.0 Å². The molecule has 1 fully saturated rings. The normalized spacial score (nSPS) is 23.6. The number of nitrogens with one attached hydrogen (secondary N) is 1. The molecule has 2 N–H and O–H groups in total. The first-order valence-corrected chi connectivity index (χ1v) is 6.50.